The molecule has 0 fully saturated rings. The molecule has 11 heteroatoms. The van der Waals surface area contributed by atoms with Crippen LogP contribution >= 0.6 is 0 Å². The molecule has 0 bridgehead atoms. The molecule has 0 aliphatic rings. The summed E-state index contributed by atoms with van der Waals surface area (Å²) in [6, 6.07) is 3.28. The predicted molar refractivity (Wildman–Crippen MR) is 86.9 cm³/mol. The van der Waals surface area contributed by atoms with Gasteiger partial charge in [-0.1, -0.05) is 5.16 Å². The molecule has 1 heterocycles. The van der Waals surface area contributed by atoms with Crippen LogP contribution in [0.15, 0.2) is 10.6 Å². The Labute approximate surface area is 149 Å². The number of carbonyl (C=O) groups excluding carboxylic acids is 1. The maximum Gasteiger partial charge on any atom is 0.389 e. The lowest BCUT2D eigenvalue weighted by atomic mass is 9.92. The summed E-state index contributed by atoms with van der Waals surface area (Å²) in [5, 5.41) is 14.9. The van der Waals surface area contributed by atoms with Crippen molar-refractivity contribution in [3.8, 4) is 6.07 Å². The number of hydrogen-bond donors (Lipinski definition) is 1. The van der Waals surface area contributed by atoms with Crippen LogP contribution in [-0.2, 0) is 20.0 Å². The third-order valence-corrected chi connectivity index (χ3v) is 6.43. The summed E-state index contributed by atoms with van der Waals surface area (Å²) in [7, 11) is -4.15. The molecule has 0 aromatic carbocycles. The first kappa shape index (κ1) is 22.0. The van der Waals surface area contributed by atoms with Crippen molar-refractivity contribution >= 4 is 21.6 Å². The van der Waals surface area contributed by atoms with Crippen molar-refractivity contribution in [3.05, 3.63) is 11.8 Å². The van der Waals surface area contributed by atoms with Gasteiger partial charge < -0.3 is 4.52 Å². The monoisotopic (exact) mass is 395 g/mol. The molecule has 7 nitrogen and oxygen atoms in total. The number of amides is 1. The van der Waals surface area contributed by atoms with Gasteiger partial charge in [0.05, 0.1) is 17.2 Å². The average Bonchev–Trinajstić information content (AvgIpc) is 2.94. The smallest absolute Gasteiger partial charge is 0.338 e. The molecular formula is C15H20F3N3O4S. The van der Waals surface area contributed by atoms with E-state index >= 15 is 0 Å². The molecule has 0 saturated heterocycles. The van der Waals surface area contributed by atoms with Gasteiger partial charge in [0.2, 0.25) is 11.8 Å². The van der Waals surface area contributed by atoms with E-state index in [-0.39, 0.29) is 11.6 Å². The predicted octanol–water partition coefficient (Wildman–Crippen LogP) is 2.95. The summed E-state index contributed by atoms with van der Waals surface area (Å²) in [4.78, 5) is 12.3. The lowest BCUT2D eigenvalue weighted by Gasteiger charge is -2.23. The van der Waals surface area contributed by atoms with E-state index in [0.717, 1.165) is 13.8 Å². The van der Waals surface area contributed by atoms with Crippen molar-refractivity contribution in [2.24, 2.45) is 0 Å². The molecule has 1 N–H and O–H groups in total. The molecule has 0 aliphatic heterocycles. The van der Waals surface area contributed by atoms with E-state index in [2.05, 4.69) is 10.5 Å². The maximum atomic E-state index is 12.3. The van der Waals surface area contributed by atoms with E-state index in [0.29, 0.717) is 0 Å². The Morgan fingerprint density at radius 3 is 2.38 bits per heavy atom. The zero-order valence-electron chi connectivity index (χ0n) is 14.8. The number of nitrogens with one attached hydrogen (secondary N) is 1. The highest BCUT2D eigenvalue weighted by atomic mass is 32.2. The second-order valence-electron chi connectivity index (χ2n) is 6.82. The normalized spacial score (nSPS) is 13.3. The van der Waals surface area contributed by atoms with Gasteiger partial charge >= 0.3 is 6.18 Å². The molecule has 26 heavy (non-hydrogen) atoms. The molecule has 0 unspecified atom stereocenters. The number of anilines is 1. The van der Waals surface area contributed by atoms with Gasteiger partial charge in [-0.05, 0) is 34.1 Å². The van der Waals surface area contributed by atoms with Crippen LogP contribution in [0.2, 0.25) is 0 Å². The highest BCUT2D eigenvalue weighted by Gasteiger charge is 2.42. The Morgan fingerprint density at radius 2 is 1.88 bits per heavy atom. The van der Waals surface area contributed by atoms with Gasteiger partial charge in [0.15, 0.2) is 9.84 Å². The number of hydrogen-bond acceptors (Lipinski definition) is 6. The number of nitrogens with zero attached hydrogens (tertiary/aromatic N) is 2. The molecule has 0 radical (unpaired) electrons. The van der Waals surface area contributed by atoms with Crippen LogP contribution in [0.25, 0.3) is 0 Å². The molecule has 0 spiro atoms. The topological polar surface area (TPSA) is 113 Å². The van der Waals surface area contributed by atoms with Crippen LogP contribution in [0.1, 0.15) is 46.2 Å². The zero-order chi connectivity index (χ0) is 20.4. The molecule has 1 aromatic rings. The minimum Gasteiger partial charge on any atom is -0.338 e. The van der Waals surface area contributed by atoms with E-state index in [1.807, 2.05) is 6.07 Å². The van der Waals surface area contributed by atoms with E-state index in [9.17, 15) is 26.4 Å². The fraction of sp³-hybridized carbons (Fsp3) is 0.667. The van der Waals surface area contributed by atoms with Gasteiger partial charge in [-0.25, -0.2) is 8.42 Å². The maximum absolute atomic E-state index is 12.3. The van der Waals surface area contributed by atoms with Gasteiger partial charge in [-0.2, -0.15) is 18.4 Å². The fourth-order valence-corrected chi connectivity index (χ4v) is 3.18. The average molecular weight is 395 g/mol. The quantitative estimate of drug-likeness (QED) is 0.759. The van der Waals surface area contributed by atoms with E-state index in [1.165, 1.54) is 6.07 Å². The van der Waals surface area contributed by atoms with E-state index in [1.54, 1.807) is 13.8 Å². The van der Waals surface area contributed by atoms with Crippen LogP contribution < -0.4 is 5.32 Å². The second-order valence-corrected chi connectivity index (χ2v) is 9.47. The van der Waals surface area contributed by atoms with Crippen molar-refractivity contribution in [1.29, 1.82) is 5.26 Å². The third-order valence-electron chi connectivity index (χ3n) is 3.86. The van der Waals surface area contributed by atoms with Crippen LogP contribution in [0.3, 0.4) is 0 Å². The Kier molecular flexibility index (Phi) is 6.13. The molecule has 0 atom stereocenters. The van der Waals surface area contributed by atoms with Gasteiger partial charge in [0, 0.05) is 12.5 Å². The minimum atomic E-state index is -4.47. The Balaban J connectivity index is 2.86. The summed E-state index contributed by atoms with van der Waals surface area (Å²) in [5.74, 6) is -1.91. The highest BCUT2D eigenvalue weighted by Crippen LogP contribution is 2.27. The molecule has 1 rings (SSSR count). The lowest BCUT2D eigenvalue weighted by Crippen LogP contribution is -2.45. The summed E-state index contributed by atoms with van der Waals surface area (Å²) >= 11 is 0. The van der Waals surface area contributed by atoms with Crippen molar-refractivity contribution in [1.82, 2.24) is 5.16 Å². The standard InChI is InChI=1S/C15H20F3N3O4S/c1-13(2,9-19)10-8-11(25-21-10)20-12(22)14(3,4)26(23,24)7-5-6-15(16,17)18/h8H,5-7H2,1-4H3,(H,20,22). The number of nitriles is 1. The summed E-state index contributed by atoms with van der Waals surface area (Å²) in [5.41, 5.74) is -0.743. The first-order chi connectivity index (χ1) is 11.6. The molecule has 1 amide bonds. The van der Waals surface area contributed by atoms with Crippen LogP contribution in [-0.4, -0.2) is 36.2 Å². The number of sulfone groups is 1. The minimum absolute atomic E-state index is 0.160. The van der Waals surface area contributed by atoms with E-state index in [4.69, 9.17) is 9.78 Å². The first-order valence-corrected chi connectivity index (χ1v) is 9.26. The first-order valence-electron chi connectivity index (χ1n) is 7.61. The fourth-order valence-electron chi connectivity index (χ4n) is 1.81. The molecule has 0 saturated carbocycles. The Bertz CT molecular complexity index is 805. The molecular weight excluding hydrogens is 375 g/mol. The highest BCUT2D eigenvalue weighted by molar-refractivity contribution is 7.93. The largest absolute Gasteiger partial charge is 0.389 e. The Hall–Kier alpha value is -2.09. The van der Waals surface area contributed by atoms with Gasteiger partial charge in [-0.15, -0.1) is 0 Å². The van der Waals surface area contributed by atoms with Gasteiger partial charge in [0.1, 0.15) is 10.4 Å². The van der Waals surface area contributed by atoms with Crippen LogP contribution in [0.4, 0.5) is 19.1 Å². The van der Waals surface area contributed by atoms with Crippen molar-refractivity contribution < 1.29 is 30.9 Å². The van der Waals surface area contributed by atoms with E-state index < -0.39 is 50.7 Å². The van der Waals surface area contributed by atoms with Crippen molar-refractivity contribution in [2.45, 2.75) is 56.9 Å². The van der Waals surface area contributed by atoms with Crippen LogP contribution in [0, 0.1) is 11.3 Å². The second kappa shape index (κ2) is 7.26. The number of alkyl halides is 3. The number of halogens is 3. The number of rotatable bonds is 7. The van der Waals surface area contributed by atoms with Crippen molar-refractivity contribution in [3.63, 3.8) is 0 Å². The van der Waals surface area contributed by atoms with Gasteiger partial charge in [-0.3, -0.25) is 10.1 Å². The zero-order valence-corrected chi connectivity index (χ0v) is 15.6. The third kappa shape index (κ3) is 5.20. The summed E-state index contributed by atoms with van der Waals surface area (Å²) < 4.78 is 64.0. The van der Waals surface area contributed by atoms with Crippen LogP contribution in [0.5, 0.6) is 0 Å². The van der Waals surface area contributed by atoms with Crippen molar-refractivity contribution in [2.75, 3.05) is 11.1 Å². The SMILES string of the molecule is CC(C)(C#N)c1cc(NC(=O)C(C)(C)S(=O)(=O)CCCC(F)(F)F)on1. The molecule has 146 valence electrons. The van der Waals surface area contributed by atoms with Gasteiger partial charge in [0.25, 0.3) is 0 Å². The summed E-state index contributed by atoms with van der Waals surface area (Å²) in [6.07, 6.45) is -6.35. The number of carbonyl (C=O) groups is 1. The molecule has 0 aliphatic carbocycles. The Morgan fingerprint density at radius 1 is 1.31 bits per heavy atom. The lowest BCUT2D eigenvalue weighted by molar-refractivity contribution is -0.134. The summed E-state index contributed by atoms with van der Waals surface area (Å²) in [6.45, 7) is 5.35. The number of aromatic nitrogens is 1. The molecule has 1 aromatic heterocycles.